The first kappa shape index (κ1) is 64.6. The molecule has 0 spiro atoms. The summed E-state index contributed by atoms with van der Waals surface area (Å²) in [6.07, 6.45) is 56.6. The van der Waals surface area contributed by atoms with Crippen LogP contribution in [0.15, 0.2) is 58.5 Å². The van der Waals surface area contributed by atoms with Crippen LogP contribution in [0.3, 0.4) is 0 Å². The summed E-state index contributed by atoms with van der Waals surface area (Å²) in [6, 6.07) is 17.8. The van der Waals surface area contributed by atoms with E-state index in [9.17, 15) is 0 Å². The van der Waals surface area contributed by atoms with E-state index in [1.54, 1.807) is 0 Å². The molecule has 0 saturated carbocycles. The maximum atomic E-state index is 5.55. The molecule has 0 aliphatic heterocycles. The van der Waals surface area contributed by atoms with Gasteiger partial charge in [0.05, 0.1) is 22.8 Å². The molecule has 0 bridgehead atoms. The molecule has 2 nitrogen and oxygen atoms in total. The van der Waals surface area contributed by atoms with Crippen LogP contribution in [0.5, 0.6) is 0 Å². The Labute approximate surface area is 444 Å². The zero-order valence-corrected chi connectivity index (χ0v) is 47.5. The predicted molar refractivity (Wildman–Crippen MR) is 307 cm³/mol. The third kappa shape index (κ3) is 37.9. The second-order valence-electron chi connectivity index (χ2n) is 20.4. The van der Waals surface area contributed by atoms with Crippen molar-refractivity contribution in [3.05, 3.63) is 59.7 Å². The van der Waals surface area contributed by atoms with Gasteiger partial charge in [-0.25, -0.2) is 0 Å². The van der Waals surface area contributed by atoms with Gasteiger partial charge in [-0.05, 0) is 87.5 Å². The molecule has 2 aromatic rings. The fourth-order valence-electron chi connectivity index (χ4n) is 9.45. The Hall–Kier alpha value is -2.44. The minimum absolute atomic E-state index is 0. The first-order valence-electron chi connectivity index (χ1n) is 30.0. The quantitative estimate of drug-likeness (QED) is 0.0273. The summed E-state index contributed by atoms with van der Waals surface area (Å²) in [4.78, 5) is 11.1. The Morgan fingerprint density at radius 1 is 0.304 bits per heavy atom. The topological polar surface area (TPSA) is 24.7 Å². The molecule has 0 atom stereocenters. The summed E-state index contributed by atoms with van der Waals surface area (Å²) in [5.74, 6) is 14.0. The summed E-state index contributed by atoms with van der Waals surface area (Å²) >= 11 is 0. The molecule has 3 heteroatoms. The van der Waals surface area contributed by atoms with Crippen molar-refractivity contribution in [2.75, 3.05) is 0 Å². The molecule has 0 amide bonds. The molecule has 0 saturated heterocycles. The van der Waals surface area contributed by atoms with Gasteiger partial charge in [-0.1, -0.05) is 257 Å². The van der Waals surface area contributed by atoms with Crippen LogP contribution < -0.4 is 0 Å². The minimum Gasteiger partial charge on any atom is -0.251 e. The van der Waals surface area contributed by atoms with E-state index in [1.165, 1.54) is 228 Å². The molecule has 0 fully saturated rings. The van der Waals surface area contributed by atoms with E-state index in [0.29, 0.717) is 0 Å². The molecule has 0 radical (unpaired) electrons. The van der Waals surface area contributed by atoms with Crippen LogP contribution in [-0.2, 0) is 33.3 Å². The smallest absolute Gasteiger partial charge is 0.0665 e. The second kappa shape index (κ2) is 50.5. The van der Waals surface area contributed by atoms with Crippen molar-refractivity contribution in [3.63, 3.8) is 0 Å². The number of hydrogen-bond acceptors (Lipinski definition) is 2. The van der Waals surface area contributed by atoms with Gasteiger partial charge in [-0.2, -0.15) is 0 Å². The van der Waals surface area contributed by atoms with Crippen molar-refractivity contribution < 1.29 is 20.4 Å². The average molecular weight is 1040 g/mol. The van der Waals surface area contributed by atoms with E-state index in [2.05, 4.69) is 99.9 Å². The van der Waals surface area contributed by atoms with Crippen molar-refractivity contribution in [3.8, 4) is 23.7 Å². The number of nitrogens with zero attached hydrogens (tertiary/aromatic N) is 2. The molecule has 2 aromatic carbocycles. The molecular weight excluding hydrogens is 927 g/mol. The molecule has 0 heterocycles. The molecule has 0 aliphatic carbocycles. The Balaban J connectivity index is 0.0000238. The van der Waals surface area contributed by atoms with Crippen LogP contribution in [0.2, 0.25) is 0 Å². The first-order chi connectivity index (χ1) is 33.7. The summed E-state index contributed by atoms with van der Waals surface area (Å²) in [6.45, 7) is 9.21. The second-order valence-corrected chi connectivity index (χ2v) is 20.4. The zero-order valence-electron chi connectivity index (χ0n) is 45.9. The van der Waals surface area contributed by atoms with Gasteiger partial charge in [0, 0.05) is 46.1 Å². The van der Waals surface area contributed by atoms with E-state index in [4.69, 9.17) is 9.98 Å². The van der Waals surface area contributed by atoms with Crippen LogP contribution in [0, 0.1) is 23.7 Å². The number of aliphatic imine (C=N–C) groups is 2. The van der Waals surface area contributed by atoms with Crippen molar-refractivity contribution in [2.45, 2.75) is 310 Å². The van der Waals surface area contributed by atoms with Gasteiger partial charge in [0.15, 0.2) is 0 Å². The van der Waals surface area contributed by atoms with Gasteiger partial charge >= 0.3 is 0 Å². The van der Waals surface area contributed by atoms with E-state index in [-0.39, 0.29) is 20.4 Å². The first-order valence-corrected chi connectivity index (χ1v) is 30.0. The number of hydrogen-bond donors (Lipinski definition) is 0. The summed E-state index contributed by atoms with van der Waals surface area (Å²) in [7, 11) is 0. The monoisotopic (exact) mass is 1030 g/mol. The van der Waals surface area contributed by atoms with Crippen LogP contribution in [-0.4, -0.2) is 11.4 Å². The van der Waals surface area contributed by atoms with E-state index < -0.39 is 0 Å². The fraction of sp³-hybridized carbons (Fsp3) is 0.727. The molecular formula is C66H108N2Pd. The number of para-hydroxylation sites is 2. The van der Waals surface area contributed by atoms with E-state index >= 15 is 0 Å². The Morgan fingerprint density at radius 3 is 0.899 bits per heavy atom. The molecule has 392 valence electrons. The normalized spacial score (nSPS) is 11.5. The predicted octanol–water partition coefficient (Wildman–Crippen LogP) is 22.1. The third-order valence-corrected chi connectivity index (χ3v) is 13.9. The molecule has 0 aliphatic rings. The van der Waals surface area contributed by atoms with Crippen LogP contribution in [0.25, 0.3) is 0 Å². The maximum Gasteiger partial charge on any atom is 0.0665 e. The van der Waals surface area contributed by atoms with Crippen molar-refractivity contribution in [1.82, 2.24) is 0 Å². The van der Waals surface area contributed by atoms with Crippen molar-refractivity contribution in [2.24, 2.45) is 9.98 Å². The number of aryl methyl sites for hydroxylation is 2. The molecule has 0 unspecified atom stereocenters. The van der Waals surface area contributed by atoms with Gasteiger partial charge in [0.1, 0.15) is 0 Å². The summed E-state index contributed by atoms with van der Waals surface area (Å²) in [5.41, 5.74) is 7.33. The molecule has 2 rings (SSSR count). The number of unbranched alkanes of at least 4 members (excludes halogenated alkanes) is 34. The fourth-order valence-corrected chi connectivity index (χ4v) is 9.45. The Bertz CT molecular complexity index is 1630. The van der Waals surface area contributed by atoms with Crippen molar-refractivity contribution >= 4 is 22.8 Å². The van der Waals surface area contributed by atoms with Crippen LogP contribution in [0.4, 0.5) is 11.4 Å². The number of benzene rings is 2. The van der Waals surface area contributed by atoms with Crippen molar-refractivity contribution in [1.29, 1.82) is 0 Å². The molecule has 69 heavy (non-hydrogen) atoms. The minimum atomic E-state index is 0. The summed E-state index contributed by atoms with van der Waals surface area (Å²) in [5, 5.41) is 0. The van der Waals surface area contributed by atoms with E-state index in [0.717, 1.165) is 88.4 Å². The zero-order chi connectivity index (χ0) is 48.5. The third-order valence-electron chi connectivity index (χ3n) is 13.9. The van der Waals surface area contributed by atoms with Gasteiger partial charge in [0.2, 0.25) is 0 Å². The SMILES string of the molecule is CCCCCCCCCCCCCCCC#CCCCc1ccccc1N=C(CCCC)C(CCCCCCCC)=Nc1ccccc1CCCC#CCCCCCCCCCCCCCCC.[Pd]. The Kier molecular flexibility index (Phi) is 47.3. The van der Waals surface area contributed by atoms with E-state index in [1.807, 2.05) is 0 Å². The van der Waals surface area contributed by atoms with Gasteiger partial charge in [-0.3, -0.25) is 9.98 Å². The molecule has 0 aromatic heterocycles. The van der Waals surface area contributed by atoms with Crippen LogP contribution in [0.1, 0.15) is 308 Å². The number of rotatable bonds is 45. The largest absolute Gasteiger partial charge is 0.251 e. The average Bonchev–Trinajstić information content (AvgIpc) is 3.36. The maximum absolute atomic E-state index is 5.55. The van der Waals surface area contributed by atoms with Crippen LogP contribution >= 0.6 is 0 Å². The van der Waals surface area contributed by atoms with Gasteiger partial charge in [-0.15, -0.1) is 23.7 Å². The Morgan fingerprint density at radius 2 is 0.565 bits per heavy atom. The standard InChI is InChI=1S/C66H108N2.Pd/c1-5-9-13-16-19-21-23-25-27-29-31-33-35-37-39-41-43-46-53-61-55-49-51-58-63(61)67-65(57-12-8-4)66(60-48-45-18-15-11-7-3)68-64-59-52-50-56-62(64)54-47-44-42-40-38-36-34-32-30-28-26-24-22-20-17-14-10-6-2;/h49-52,55-56,58-59H,5-38,43-48,53-54,57,60H2,1-4H3;. The van der Waals surface area contributed by atoms with Gasteiger partial charge < -0.3 is 0 Å². The van der Waals surface area contributed by atoms with Gasteiger partial charge in [0.25, 0.3) is 0 Å². The summed E-state index contributed by atoms with van der Waals surface area (Å²) < 4.78 is 0. The molecule has 0 N–H and O–H groups in total.